The topological polar surface area (TPSA) is 88.6 Å². The molecule has 2 aromatic heterocycles. The number of aliphatic hydroxyl groups is 1. The zero-order valence-corrected chi connectivity index (χ0v) is 19.0. The summed E-state index contributed by atoms with van der Waals surface area (Å²) in [4.78, 5) is 10.8. The molecule has 10 heteroatoms. The number of benzene rings is 2. The van der Waals surface area contributed by atoms with Crippen molar-refractivity contribution in [1.82, 2.24) is 25.1 Å². The van der Waals surface area contributed by atoms with Crippen LogP contribution < -0.4 is 9.36 Å². The molecule has 0 bridgehead atoms. The summed E-state index contributed by atoms with van der Waals surface area (Å²) in [5.41, 5.74) is 0.522. The molecule has 0 amide bonds. The van der Waals surface area contributed by atoms with Crippen LogP contribution in [0.2, 0.25) is 0 Å². The highest BCUT2D eigenvalue weighted by atomic mass is 19.1. The maximum atomic E-state index is 14.9. The fourth-order valence-electron chi connectivity index (χ4n) is 4.64. The van der Waals surface area contributed by atoms with Gasteiger partial charge in [-0.2, -0.15) is 19.6 Å². The molecular weight excluding hydrogens is 440 g/mol. The number of rotatable bonds is 6. The third-order valence-corrected chi connectivity index (χ3v) is 6.59. The summed E-state index contributed by atoms with van der Waals surface area (Å²) in [6.07, 6.45) is 3.00. The number of H-pyrrole nitrogens is 2. The van der Waals surface area contributed by atoms with Crippen molar-refractivity contribution in [2.45, 2.75) is 45.1 Å². The van der Waals surface area contributed by atoms with Crippen LogP contribution in [0.5, 0.6) is 0 Å². The largest absolute Gasteiger partial charge is 0.379 e. The lowest BCUT2D eigenvalue weighted by Gasteiger charge is -2.40. The Hall–Kier alpha value is -3.50. The Labute approximate surface area is 195 Å². The molecule has 3 heterocycles. The summed E-state index contributed by atoms with van der Waals surface area (Å²) in [6, 6.07) is 10.9. The SMILES string of the molecule is Cc1cccc(-c2nc3[n+]([nH]2)CCN([C@H](C)[C@](O)(C[n+]2cnc[nH]2)c2ccc(F)cc2F)C3)c1. The Balaban J connectivity index is 1.46. The standard InChI is InChI=1S/C24H25F2N7O/c1-16-4-3-5-18(10-16)23-29-22-12-31(8-9-33(22)30-23)17(2)24(34,13-32-15-27-14-28-32)20-7-6-19(25)11-21(20)26/h3-7,10-11,14-15,17,34H,8-9,12-13H2,1-2H3/p+2/t17-,24-/m1/s1. The summed E-state index contributed by atoms with van der Waals surface area (Å²) < 4.78 is 32.1. The van der Waals surface area contributed by atoms with Crippen molar-refractivity contribution in [2.75, 3.05) is 6.54 Å². The van der Waals surface area contributed by atoms with Crippen LogP contribution in [0.4, 0.5) is 8.78 Å². The van der Waals surface area contributed by atoms with E-state index in [1.54, 1.807) is 4.68 Å². The minimum atomic E-state index is -1.66. The van der Waals surface area contributed by atoms with Gasteiger partial charge >= 0.3 is 12.2 Å². The summed E-state index contributed by atoms with van der Waals surface area (Å²) >= 11 is 0. The van der Waals surface area contributed by atoms with Crippen LogP contribution in [0.3, 0.4) is 0 Å². The van der Waals surface area contributed by atoms with Gasteiger partial charge in [0.25, 0.3) is 5.82 Å². The first-order valence-corrected chi connectivity index (χ1v) is 11.2. The second kappa shape index (κ2) is 8.69. The number of fused-ring (bicyclic) bond motifs is 1. The number of nitrogens with zero attached hydrogens (tertiary/aromatic N) is 5. The van der Waals surface area contributed by atoms with E-state index in [1.165, 1.54) is 24.8 Å². The smallest absolute Gasteiger partial charge is 0.333 e. The van der Waals surface area contributed by atoms with Gasteiger partial charge in [0, 0.05) is 29.8 Å². The zero-order valence-electron chi connectivity index (χ0n) is 19.0. The molecule has 2 aromatic carbocycles. The monoisotopic (exact) mass is 467 g/mol. The number of nitrogens with one attached hydrogen (secondary N) is 2. The molecule has 4 aromatic rings. The van der Waals surface area contributed by atoms with Gasteiger partial charge in [-0.05, 0) is 42.0 Å². The van der Waals surface area contributed by atoms with Gasteiger partial charge in [-0.1, -0.05) is 23.8 Å². The molecule has 8 nitrogen and oxygen atoms in total. The van der Waals surface area contributed by atoms with Gasteiger partial charge in [-0.3, -0.25) is 4.90 Å². The second-order valence-corrected chi connectivity index (χ2v) is 8.86. The van der Waals surface area contributed by atoms with Crippen molar-refractivity contribution in [3.8, 4) is 11.4 Å². The van der Waals surface area contributed by atoms with E-state index in [4.69, 9.17) is 4.98 Å². The van der Waals surface area contributed by atoms with Crippen LogP contribution in [0, 0.1) is 18.6 Å². The molecule has 1 aliphatic heterocycles. The number of aromatic nitrogens is 6. The predicted molar refractivity (Wildman–Crippen MR) is 118 cm³/mol. The third-order valence-electron chi connectivity index (χ3n) is 6.59. The molecule has 34 heavy (non-hydrogen) atoms. The van der Waals surface area contributed by atoms with Crippen LogP contribution in [-0.2, 0) is 25.2 Å². The number of halogens is 2. The Morgan fingerprint density at radius 3 is 2.82 bits per heavy atom. The molecule has 0 fully saturated rings. The Morgan fingerprint density at radius 2 is 2.09 bits per heavy atom. The number of hydrogen-bond donors (Lipinski definition) is 3. The van der Waals surface area contributed by atoms with Gasteiger partial charge < -0.3 is 5.11 Å². The average Bonchev–Trinajstić information content (AvgIpc) is 3.47. The molecule has 0 aliphatic carbocycles. The van der Waals surface area contributed by atoms with E-state index < -0.39 is 23.3 Å². The third kappa shape index (κ3) is 4.10. The highest BCUT2D eigenvalue weighted by Gasteiger charge is 2.45. The van der Waals surface area contributed by atoms with Crippen molar-refractivity contribution in [1.29, 1.82) is 0 Å². The van der Waals surface area contributed by atoms with Crippen molar-refractivity contribution in [3.63, 3.8) is 0 Å². The summed E-state index contributed by atoms with van der Waals surface area (Å²) in [5.74, 6) is 0.125. The summed E-state index contributed by atoms with van der Waals surface area (Å²) in [6.45, 7) is 5.62. The molecule has 1 aliphatic rings. The van der Waals surface area contributed by atoms with E-state index in [0.717, 1.165) is 28.8 Å². The average molecular weight is 468 g/mol. The van der Waals surface area contributed by atoms with Crippen molar-refractivity contribution in [3.05, 3.63) is 83.7 Å². The number of aryl methyl sites for hydroxylation is 1. The van der Waals surface area contributed by atoms with Gasteiger partial charge in [0.2, 0.25) is 6.33 Å². The number of hydrogen-bond acceptors (Lipinski definition) is 4. The molecule has 176 valence electrons. The van der Waals surface area contributed by atoms with Gasteiger partial charge in [-0.25, -0.2) is 8.78 Å². The van der Waals surface area contributed by atoms with Crippen LogP contribution in [-0.4, -0.2) is 42.8 Å². The Morgan fingerprint density at radius 1 is 1.24 bits per heavy atom. The molecule has 0 radical (unpaired) electrons. The molecular formula is C24H27F2N7O+2. The first kappa shape index (κ1) is 22.3. The summed E-state index contributed by atoms with van der Waals surface area (Å²) in [5, 5.41) is 18.2. The Bertz CT molecular complexity index is 1310. The minimum Gasteiger partial charge on any atom is -0.379 e. The lowest BCUT2D eigenvalue weighted by atomic mass is 9.85. The Kier molecular flexibility index (Phi) is 5.70. The molecule has 0 saturated carbocycles. The number of aromatic amines is 2. The van der Waals surface area contributed by atoms with E-state index >= 15 is 0 Å². The second-order valence-electron chi connectivity index (χ2n) is 8.86. The van der Waals surface area contributed by atoms with Crippen molar-refractivity contribution < 1.29 is 23.3 Å². The molecule has 0 unspecified atom stereocenters. The lowest BCUT2D eigenvalue weighted by molar-refractivity contribution is -0.768. The maximum Gasteiger partial charge on any atom is 0.333 e. The first-order valence-electron chi connectivity index (χ1n) is 11.2. The van der Waals surface area contributed by atoms with Crippen molar-refractivity contribution >= 4 is 0 Å². The highest BCUT2D eigenvalue weighted by Crippen LogP contribution is 2.32. The van der Waals surface area contributed by atoms with Crippen LogP contribution in [0.1, 0.15) is 23.9 Å². The molecule has 2 atom stereocenters. The first-order chi connectivity index (χ1) is 16.3. The summed E-state index contributed by atoms with van der Waals surface area (Å²) in [7, 11) is 0. The predicted octanol–water partition coefficient (Wildman–Crippen LogP) is 1.75. The minimum absolute atomic E-state index is 0.0162. The molecule has 0 spiro atoms. The molecule has 3 N–H and O–H groups in total. The van der Waals surface area contributed by atoms with E-state index in [1.807, 2.05) is 36.7 Å². The highest BCUT2D eigenvalue weighted by molar-refractivity contribution is 5.55. The fraction of sp³-hybridized carbons (Fsp3) is 0.333. The van der Waals surface area contributed by atoms with Crippen LogP contribution in [0.15, 0.2) is 55.1 Å². The van der Waals surface area contributed by atoms with Gasteiger partial charge in [0.05, 0.1) is 0 Å². The fourth-order valence-corrected chi connectivity index (χ4v) is 4.64. The van der Waals surface area contributed by atoms with E-state index in [0.29, 0.717) is 19.6 Å². The van der Waals surface area contributed by atoms with Crippen LogP contribution >= 0.6 is 0 Å². The van der Waals surface area contributed by atoms with Crippen molar-refractivity contribution in [2.24, 2.45) is 0 Å². The van der Waals surface area contributed by atoms with Gasteiger partial charge in [-0.15, -0.1) is 0 Å². The van der Waals surface area contributed by atoms with Crippen LogP contribution in [0.25, 0.3) is 11.4 Å². The van der Waals surface area contributed by atoms with Gasteiger partial charge in [0.15, 0.2) is 0 Å². The lowest BCUT2D eigenvalue weighted by Crippen LogP contribution is -2.61. The van der Waals surface area contributed by atoms with E-state index in [-0.39, 0.29) is 12.1 Å². The zero-order chi connectivity index (χ0) is 23.9. The maximum absolute atomic E-state index is 14.9. The molecule has 0 saturated heterocycles. The molecule has 5 rings (SSSR count). The van der Waals surface area contributed by atoms with Gasteiger partial charge in [0.1, 0.15) is 36.9 Å². The van der Waals surface area contributed by atoms with E-state index in [9.17, 15) is 13.9 Å². The normalized spacial score (nSPS) is 16.7. The van der Waals surface area contributed by atoms with E-state index in [2.05, 4.69) is 26.1 Å². The quantitative estimate of drug-likeness (QED) is 0.377.